The summed E-state index contributed by atoms with van der Waals surface area (Å²) in [5.74, 6) is 0.634. The van der Waals surface area contributed by atoms with Crippen molar-refractivity contribution in [2.24, 2.45) is 11.7 Å². The third-order valence-electron chi connectivity index (χ3n) is 4.57. The normalized spacial score (nSPS) is 28.5. The van der Waals surface area contributed by atoms with Crippen molar-refractivity contribution >= 4 is 11.8 Å². The molecule has 0 spiro atoms. The van der Waals surface area contributed by atoms with E-state index in [-0.39, 0.29) is 0 Å². The summed E-state index contributed by atoms with van der Waals surface area (Å²) in [4.78, 5) is 4.08. The summed E-state index contributed by atoms with van der Waals surface area (Å²) < 4.78 is 0. The van der Waals surface area contributed by atoms with Gasteiger partial charge in [0.05, 0.1) is 0 Å². The molecular formula is C16H24N2S. The van der Waals surface area contributed by atoms with Gasteiger partial charge in [-0.25, -0.2) is 0 Å². The van der Waals surface area contributed by atoms with Gasteiger partial charge in [0, 0.05) is 17.0 Å². The van der Waals surface area contributed by atoms with Crippen LogP contribution in [0.5, 0.6) is 0 Å². The Morgan fingerprint density at radius 3 is 2.53 bits per heavy atom. The summed E-state index contributed by atoms with van der Waals surface area (Å²) in [6.45, 7) is 2.08. The van der Waals surface area contributed by atoms with Crippen LogP contribution in [0.15, 0.2) is 29.2 Å². The number of hydrogen-bond donors (Lipinski definition) is 1. The van der Waals surface area contributed by atoms with E-state index < -0.39 is 0 Å². The third-order valence-corrected chi connectivity index (χ3v) is 5.31. The monoisotopic (exact) mass is 276 g/mol. The number of hydrogen-bond acceptors (Lipinski definition) is 3. The van der Waals surface area contributed by atoms with Crippen LogP contribution in [-0.2, 0) is 0 Å². The van der Waals surface area contributed by atoms with E-state index in [9.17, 15) is 0 Å². The van der Waals surface area contributed by atoms with Crippen LogP contribution < -0.4 is 5.73 Å². The van der Waals surface area contributed by atoms with Gasteiger partial charge in [0.2, 0.25) is 0 Å². The molecule has 3 rings (SSSR count). The molecule has 1 aliphatic carbocycles. The fraction of sp³-hybridized carbons (Fsp3) is 0.625. The van der Waals surface area contributed by atoms with Crippen molar-refractivity contribution in [1.82, 2.24) is 4.90 Å². The molecule has 1 aromatic carbocycles. The van der Waals surface area contributed by atoms with E-state index in [4.69, 9.17) is 5.73 Å². The summed E-state index contributed by atoms with van der Waals surface area (Å²) in [7, 11) is 0. The topological polar surface area (TPSA) is 29.3 Å². The van der Waals surface area contributed by atoms with Crippen LogP contribution in [0.4, 0.5) is 0 Å². The molecule has 1 saturated heterocycles. The highest BCUT2D eigenvalue weighted by Gasteiger charge is 2.39. The lowest BCUT2D eigenvalue weighted by Crippen LogP contribution is -2.42. The van der Waals surface area contributed by atoms with Gasteiger partial charge in [0.1, 0.15) is 0 Å². The first-order valence-electron chi connectivity index (χ1n) is 7.43. The van der Waals surface area contributed by atoms with Gasteiger partial charge in [-0.05, 0) is 68.6 Å². The smallest absolute Gasteiger partial charge is 0.0391 e. The number of benzene rings is 1. The van der Waals surface area contributed by atoms with E-state index in [0.29, 0.717) is 12.0 Å². The minimum Gasteiger partial charge on any atom is -0.330 e. The second kappa shape index (κ2) is 5.86. The summed E-state index contributed by atoms with van der Waals surface area (Å²) in [6.07, 6.45) is 7.51. The number of nitrogens with two attached hydrogens (primary N) is 1. The van der Waals surface area contributed by atoms with E-state index in [0.717, 1.165) is 12.6 Å². The molecule has 0 aromatic heterocycles. The molecule has 2 fully saturated rings. The highest BCUT2D eigenvalue weighted by Crippen LogP contribution is 2.42. The molecule has 1 aromatic rings. The van der Waals surface area contributed by atoms with Gasteiger partial charge in [-0.2, -0.15) is 0 Å². The maximum Gasteiger partial charge on any atom is 0.0391 e. The van der Waals surface area contributed by atoms with Crippen molar-refractivity contribution in [3.63, 3.8) is 0 Å². The summed E-state index contributed by atoms with van der Waals surface area (Å²) in [6, 6.07) is 10.5. The van der Waals surface area contributed by atoms with Crippen LogP contribution in [0.3, 0.4) is 0 Å². The van der Waals surface area contributed by atoms with Crippen LogP contribution in [0.2, 0.25) is 0 Å². The van der Waals surface area contributed by atoms with Crippen LogP contribution in [0, 0.1) is 5.92 Å². The number of thioether (sulfide) groups is 1. The number of rotatable bonds is 4. The zero-order chi connectivity index (χ0) is 13.2. The van der Waals surface area contributed by atoms with Crippen molar-refractivity contribution in [3.8, 4) is 0 Å². The first-order valence-corrected chi connectivity index (χ1v) is 8.65. The fourth-order valence-electron chi connectivity index (χ4n) is 3.43. The molecule has 0 bridgehead atoms. The minimum atomic E-state index is 0.558. The molecule has 0 radical (unpaired) electrons. The fourth-order valence-corrected chi connectivity index (χ4v) is 3.84. The van der Waals surface area contributed by atoms with Crippen LogP contribution in [0.25, 0.3) is 0 Å². The molecule has 2 aliphatic rings. The van der Waals surface area contributed by atoms with Crippen molar-refractivity contribution in [2.75, 3.05) is 19.3 Å². The summed E-state index contributed by atoms with van der Waals surface area (Å²) >= 11 is 1.81. The molecule has 0 amide bonds. The Labute approximate surface area is 120 Å². The van der Waals surface area contributed by atoms with Crippen molar-refractivity contribution in [1.29, 1.82) is 0 Å². The molecule has 104 valence electrons. The largest absolute Gasteiger partial charge is 0.330 e. The van der Waals surface area contributed by atoms with Crippen LogP contribution in [-0.4, -0.2) is 30.3 Å². The second-order valence-corrected chi connectivity index (χ2v) is 6.70. The molecule has 1 heterocycles. The highest BCUT2D eigenvalue weighted by atomic mass is 32.2. The van der Waals surface area contributed by atoms with E-state index in [2.05, 4.69) is 35.4 Å². The van der Waals surface area contributed by atoms with Crippen LogP contribution in [0.1, 0.15) is 37.3 Å². The Morgan fingerprint density at radius 2 is 1.95 bits per heavy atom. The molecule has 2 nitrogen and oxygen atoms in total. The van der Waals surface area contributed by atoms with Gasteiger partial charge < -0.3 is 5.73 Å². The van der Waals surface area contributed by atoms with Crippen molar-refractivity contribution < 1.29 is 0 Å². The second-order valence-electron chi connectivity index (χ2n) is 5.83. The molecular weight excluding hydrogens is 252 g/mol. The third kappa shape index (κ3) is 2.83. The van der Waals surface area contributed by atoms with Gasteiger partial charge >= 0.3 is 0 Å². The zero-order valence-electron chi connectivity index (χ0n) is 11.7. The maximum atomic E-state index is 6.04. The summed E-state index contributed by atoms with van der Waals surface area (Å²) in [5, 5.41) is 0. The van der Waals surface area contributed by atoms with E-state index in [1.165, 1.54) is 42.7 Å². The van der Waals surface area contributed by atoms with Crippen molar-refractivity contribution in [2.45, 2.75) is 42.7 Å². The molecule has 2 N–H and O–H groups in total. The van der Waals surface area contributed by atoms with Gasteiger partial charge in [-0.1, -0.05) is 12.1 Å². The molecule has 2 unspecified atom stereocenters. The lowest BCUT2D eigenvalue weighted by atomic mass is 9.84. The number of likely N-dealkylation sites (tertiary alicyclic amines) is 1. The SMILES string of the molecule is CSc1ccc(C2C(CN)CCCN2C2CC2)cc1. The molecule has 1 saturated carbocycles. The Bertz CT molecular complexity index is 413. The van der Waals surface area contributed by atoms with Crippen LogP contribution >= 0.6 is 11.8 Å². The van der Waals surface area contributed by atoms with E-state index >= 15 is 0 Å². The van der Waals surface area contributed by atoms with Crippen molar-refractivity contribution in [3.05, 3.63) is 29.8 Å². The van der Waals surface area contributed by atoms with Gasteiger partial charge in [-0.15, -0.1) is 11.8 Å². The maximum absolute atomic E-state index is 6.04. The van der Waals surface area contributed by atoms with Gasteiger partial charge in [-0.3, -0.25) is 4.90 Å². The predicted molar refractivity (Wildman–Crippen MR) is 82.5 cm³/mol. The average molecular weight is 276 g/mol. The Hall–Kier alpha value is -0.510. The van der Waals surface area contributed by atoms with E-state index in [1.807, 2.05) is 11.8 Å². The Morgan fingerprint density at radius 1 is 1.21 bits per heavy atom. The molecule has 3 heteroatoms. The first kappa shape index (κ1) is 13.5. The zero-order valence-corrected chi connectivity index (χ0v) is 12.5. The lowest BCUT2D eigenvalue weighted by molar-refractivity contribution is 0.0879. The quantitative estimate of drug-likeness (QED) is 0.856. The average Bonchev–Trinajstić information content (AvgIpc) is 3.31. The standard InChI is InChI=1S/C16H24N2S/c1-19-15-8-4-12(5-9-15)16-13(11-17)3-2-10-18(16)14-6-7-14/h4-5,8-9,13-14,16H,2-3,6-7,10-11,17H2,1H3. The molecule has 1 aliphatic heterocycles. The minimum absolute atomic E-state index is 0.558. The van der Waals surface area contributed by atoms with Gasteiger partial charge in [0.25, 0.3) is 0 Å². The lowest BCUT2D eigenvalue weighted by Gasteiger charge is -2.41. The molecule has 19 heavy (non-hydrogen) atoms. The highest BCUT2D eigenvalue weighted by molar-refractivity contribution is 7.98. The predicted octanol–water partition coefficient (Wildman–Crippen LogP) is 3.28. The van der Waals surface area contributed by atoms with E-state index in [1.54, 1.807) is 0 Å². The first-order chi connectivity index (χ1) is 9.33. The number of nitrogens with zero attached hydrogens (tertiary/aromatic N) is 1. The Balaban J connectivity index is 1.86. The molecule has 2 atom stereocenters. The Kier molecular flexibility index (Phi) is 4.15. The number of piperidine rings is 1. The summed E-state index contributed by atoms with van der Waals surface area (Å²) in [5.41, 5.74) is 7.51. The van der Waals surface area contributed by atoms with Gasteiger partial charge in [0.15, 0.2) is 0 Å².